The van der Waals surface area contributed by atoms with Crippen LogP contribution in [0.15, 0.2) is 18.6 Å². The predicted octanol–water partition coefficient (Wildman–Crippen LogP) is -0.663. The van der Waals surface area contributed by atoms with Gasteiger partial charge in [0.2, 0.25) is 0 Å². The highest BCUT2D eigenvalue weighted by atomic mass is 16.5. The second-order valence-electron chi connectivity index (χ2n) is 3.52. The summed E-state index contributed by atoms with van der Waals surface area (Å²) in [4.78, 5) is 11.4. The quantitative estimate of drug-likeness (QED) is 0.707. The lowest BCUT2D eigenvalue weighted by Gasteiger charge is -2.02. The average molecular weight is 236 g/mol. The molecule has 0 unspecified atom stereocenters. The molecule has 0 radical (unpaired) electrons. The minimum absolute atomic E-state index is 0.0253. The Morgan fingerprint density at radius 2 is 2.35 bits per heavy atom. The highest BCUT2D eigenvalue weighted by Gasteiger charge is 2.07. The molecule has 0 amide bonds. The Bertz CT molecular complexity index is 517. The van der Waals surface area contributed by atoms with Crippen molar-refractivity contribution in [1.82, 2.24) is 24.8 Å². The first kappa shape index (κ1) is 11.1. The van der Waals surface area contributed by atoms with E-state index in [4.69, 9.17) is 10.5 Å². The smallest absolute Gasteiger partial charge is 0.328 e. The molecule has 0 atom stereocenters. The normalized spacial score (nSPS) is 10.4. The summed E-state index contributed by atoms with van der Waals surface area (Å²) in [7, 11) is 1.74. The fourth-order valence-corrected chi connectivity index (χ4v) is 1.26. The van der Waals surface area contributed by atoms with Crippen molar-refractivity contribution >= 4 is 11.7 Å². The van der Waals surface area contributed by atoms with Crippen LogP contribution in [0, 0.1) is 0 Å². The Labute approximate surface area is 97.0 Å². The molecule has 0 aliphatic carbocycles. The van der Waals surface area contributed by atoms with Crippen molar-refractivity contribution in [2.45, 2.75) is 13.2 Å². The van der Waals surface area contributed by atoms with E-state index in [9.17, 15) is 4.79 Å². The molecule has 0 bridgehead atoms. The number of nitrogens with zero attached hydrogens (tertiary/aromatic N) is 5. The lowest BCUT2D eigenvalue weighted by molar-refractivity contribution is -0.146. The topological polar surface area (TPSA) is 101 Å². The van der Waals surface area contributed by atoms with Gasteiger partial charge in [0, 0.05) is 13.2 Å². The van der Waals surface area contributed by atoms with Crippen molar-refractivity contribution in [2.75, 3.05) is 5.73 Å². The maximum absolute atomic E-state index is 11.4. The second-order valence-corrected chi connectivity index (χ2v) is 3.52. The molecule has 0 saturated carbocycles. The highest BCUT2D eigenvalue weighted by molar-refractivity contribution is 5.69. The summed E-state index contributed by atoms with van der Waals surface area (Å²) in [6.45, 7) is 0.126. The summed E-state index contributed by atoms with van der Waals surface area (Å²) in [6.07, 6.45) is 4.71. The first-order valence-electron chi connectivity index (χ1n) is 4.92. The second kappa shape index (κ2) is 4.64. The molecule has 17 heavy (non-hydrogen) atoms. The van der Waals surface area contributed by atoms with E-state index in [-0.39, 0.29) is 13.2 Å². The van der Waals surface area contributed by atoms with Gasteiger partial charge < -0.3 is 10.5 Å². The van der Waals surface area contributed by atoms with Crippen molar-refractivity contribution in [3.8, 4) is 0 Å². The van der Waals surface area contributed by atoms with Crippen LogP contribution >= 0.6 is 0 Å². The van der Waals surface area contributed by atoms with Gasteiger partial charge in [-0.1, -0.05) is 5.21 Å². The Morgan fingerprint density at radius 1 is 1.53 bits per heavy atom. The largest absolute Gasteiger partial charge is 0.458 e. The SMILES string of the molecule is Cn1cc(COC(=O)Cn2cc(N)cn2)nn1. The number of hydrogen-bond acceptors (Lipinski definition) is 6. The number of carbonyl (C=O) groups excluding carboxylic acids is 1. The van der Waals surface area contributed by atoms with Crippen LogP contribution in [0.4, 0.5) is 5.69 Å². The number of carbonyl (C=O) groups is 1. The number of anilines is 1. The van der Waals surface area contributed by atoms with Gasteiger partial charge in [-0.15, -0.1) is 5.10 Å². The van der Waals surface area contributed by atoms with E-state index < -0.39 is 5.97 Å². The molecule has 0 aliphatic rings. The molecule has 8 nitrogen and oxygen atoms in total. The van der Waals surface area contributed by atoms with Crippen LogP contribution in [0.2, 0.25) is 0 Å². The molecule has 8 heteroatoms. The van der Waals surface area contributed by atoms with Gasteiger partial charge in [-0.05, 0) is 0 Å². The number of nitrogen functional groups attached to an aromatic ring is 1. The fraction of sp³-hybridized carbons (Fsp3) is 0.333. The Balaban J connectivity index is 1.82. The van der Waals surface area contributed by atoms with Crippen LogP contribution in [-0.4, -0.2) is 30.7 Å². The van der Waals surface area contributed by atoms with Crippen LogP contribution in [-0.2, 0) is 29.7 Å². The van der Waals surface area contributed by atoms with E-state index in [1.165, 1.54) is 15.6 Å². The monoisotopic (exact) mass is 236 g/mol. The number of nitrogens with two attached hydrogens (primary N) is 1. The lowest BCUT2D eigenvalue weighted by atomic mass is 10.5. The van der Waals surface area contributed by atoms with Crippen molar-refractivity contribution in [1.29, 1.82) is 0 Å². The van der Waals surface area contributed by atoms with Crippen molar-refractivity contribution < 1.29 is 9.53 Å². The number of ether oxygens (including phenoxy) is 1. The molecule has 0 fully saturated rings. The summed E-state index contributed by atoms with van der Waals surface area (Å²) in [5, 5.41) is 11.4. The zero-order valence-electron chi connectivity index (χ0n) is 9.28. The Kier molecular flexibility index (Phi) is 3.03. The number of hydrogen-bond donors (Lipinski definition) is 1. The van der Waals surface area contributed by atoms with E-state index in [2.05, 4.69) is 15.4 Å². The summed E-state index contributed by atoms with van der Waals surface area (Å²) in [5.74, 6) is -0.404. The maximum Gasteiger partial charge on any atom is 0.328 e. The molecule has 90 valence electrons. The summed E-state index contributed by atoms with van der Waals surface area (Å²) >= 11 is 0. The van der Waals surface area contributed by atoms with E-state index in [1.54, 1.807) is 19.4 Å². The molecule has 0 saturated heterocycles. The molecular formula is C9H12N6O2. The highest BCUT2D eigenvalue weighted by Crippen LogP contribution is 2.00. The molecule has 2 aromatic rings. The van der Waals surface area contributed by atoms with Gasteiger partial charge in [0.1, 0.15) is 18.8 Å². The minimum atomic E-state index is -0.404. The number of aryl methyl sites for hydroxylation is 1. The Hall–Kier alpha value is -2.38. The third kappa shape index (κ3) is 3.03. The predicted molar refractivity (Wildman–Crippen MR) is 57.4 cm³/mol. The van der Waals surface area contributed by atoms with Crippen LogP contribution in [0.5, 0.6) is 0 Å². The summed E-state index contributed by atoms with van der Waals surface area (Å²) < 4.78 is 7.95. The van der Waals surface area contributed by atoms with Crippen molar-refractivity contribution in [2.24, 2.45) is 7.05 Å². The van der Waals surface area contributed by atoms with Gasteiger partial charge in [-0.25, -0.2) is 0 Å². The minimum Gasteiger partial charge on any atom is -0.458 e. The molecule has 2 heterocycles. The molecule has 2 N–H and O–H groups in total. The first-order valence-corrected chi connectivity index (χ1v) is 4.92. The first-order chi connectivity index (χ1) is 8.13. The summed E-state index contributed by atoms with van der Waals surface area (Å²) in [6, 6.07) is 0. The number of aromatic nitrogens is 5. The van der Waals surface area contributed by atoms with E-state index in [1.807, 2.05) is 0 Å². The van der Waals surface area contributed by atoms with Gasteiger partial charge in [-0.3, -0.25) is 14.2 Å². The standard InChI is InChI=1S/C9H12N6O2/c1-14-4-8(12-13-14)6-17-9(16)5-15-3-7(10)2-11-15/h2-4H,5-6,10H2,1H3. The number of rotatable bonds is 4. The zero-order valence-corrected chi connectivity index (χ0v) is 9.28. The molecule has 0 aliphatic heterocycles. The van der Waals surface area contributed by atoms with Gasteiger partial charge in [0.05, 0.1) is 18.1 Å². The molecule has 0 spiro atoms. The average Bonchev–Trinajstić information content (AvgIpc) is 2.85. The Morgan fingerprint density at radius 3 is 2.94 bits per heavy atom. The molecule has 2 aromatic heterocycles. The maximum atomic E-state index is 11.4. The third-order valence-electron chi connectivity index (χ3n) is 1.98. The number of esters is 1. The van der Waals surface area contributed by atoms with Gasteiger partial charge in [0.25, 0.3) is 0 Å². The van der Waals surface area contributed by atoms with Crippen molar-refractivity contribution in [3.05, 3.63) is 24.3 Å². The summed E-state index contributed by atoms with van der Waals surface area (Å²) in [5.41, 5.74) is 6.57. The molecular weight excluding hydrogens is 224 g/mol. The fourth-order valence-electron chi connectivity index (χ4n) is 1.26. The van der Waals surface area contributed by atoms with Gasteiger partial charge in [0.15, 0.2) is 0 Å². The van der Waals surface area contributed by atoms with Crippen LogP contribution in [0.1, 0.15) is 5.69 Å². The van der Waals surface area contributed by atoms with Crippen molar-refractivity contribution in [3.63, 3.8) is 0 Å². The zero-order chi connectivity index (χ0) is 12.3. The third-order valence-corrected chi connectivity index (χ3v) is 1.98. The lowest BCUT2D eigenvalue weighted by Crippen LogP contribution is -2.13. The van der Waals surface area contributed by atoms with E-state index in [0.29, 0.717) is 11.4 Å². The van der Waals surface area contributed by atoms with E-state index >= 15 is 0 Å². The molecule has 2 rings (SSSR count). The van der Waals surface area contributed by atoms with Crippen LogP contribution in [0.25, 0.3) is 0 Å². The molecule has 0 aromatic carbocycles. The van der Waals surface area contributed by atoms with Crippen LogP contribution < -0.4 is 5.73 Å². The van der Waals surface area contributed by atoms with E-state index in [0.717, 1.165) is 0 Å². The van der Waals surface area contributed by atoms with Crippen LogP contribution in [0.3, 0.4) is 0 Å². The van der Waals surface area contributed by atoms with Gasteiger partial charge in [-0.2, -0.15) is 5.10 Å². The van der Waals surface area contributed by atoms with Gasteiger partial charge >= 0.3 is 5.97 Å².